The number of fused-ring (bicyclic) bond motifs is 1. The van der Waals surface area contributed by atoms with Gasteiger partial charge >= 0.3 is 6.18 Å². The number of aryl methyl sites for hydroxylation is 1. The van der Waals surface area contributed by atoms with Crippen LogP contribution in [0.4, 0.5) is 23.2 Å². The van der Waals surface area contributed by atoms with Crippen molar-refractivity contribution in [2.75, 3.05) is 11.9 Å². The van der Waals surface area contributed by atoms with E-state index in [1.54, 1.807) is 0 Å². The van der Waals surface area contributed by atoms with Crippen molar-refractivity contribution < 1.29 is 35.9 Å². The van der Waals surface area contributed by atoms with E-state index in [-0.39, 0.29) is 34.7 Å². The Balaban J connectivity index is 2.01. The van der Waals surface area contributed by atoms with Crippen LogP contribution in [0.5, 0.6) is 0 Å². The van der Waals surface area contributed by atoms with E-state index >= 15 is 0 Å². The van der Waals surface area contributed by atoms with Crippen molar-refractivity contribution in [2.45, 2.75) is 29.5 Å². The van der Waals surface area contributed by atoms with E-state index in [0.29, 0.717) is 12.1 Å². The molecule has 0 saturated carbocycles. The van der Waals surface area contributed by atoms with Gasteiger partial charge in [-0.25, -0.2) is 12.8 Å². The molecular weight excluding hydrogens is 442 g/mol. The second-order valence-electron chi connectivity index (χ2n) is 7.20. The summed E-state index contributed by atoms with van der Waals surface area (Å²) < 4.78 is 81.5. The zero-order valence-electron chi connectivity index (χ0n) is 16.3. The number of halogens is 4. The summed E-state index contributed by atoms with van der Waals surface area (Å²) in [5.74, 6) is -2.35. The number of alkyl halides is 3. The van der Waals surface area contributed by atoms with Gasteiger partial charge in [0.25, 0.3) is 5.91 Å². The number of nitrogens with one attached hydrogen (secondary N) is 2. The Kier molecular flexibility index (Phi) is 5.76. The van der Waals surface area contributed by atoms with Crippen LogP contribution >= 0.6 is 0 Å². The fourth-order valence-corrected chi connectivity index (χ4v) is 5.19. The lowest BCUT2D eigenvalue weighted by Gasteiger charge is -2.27. The van der Waals surface area contributed by atoms with Crippen LogP contribution < -0.4 is 10.0 Å². The van der Waals surface area contributed by atoms with E-state index in [1.165, 1.54) is 23.9 Å². The number of hydrogen-bond donors (Lipinski definition) is 3. The van der Waals surface area contributed by atoms with Crippen LogP contribution in [-0.4, -0.2) is 36.1 Å². The van der Waals surface area contributed by atoms with Gasteiger partial charge in [0.2, 0.25) is 10.0 Å². The number of carbonyl (C=O) groups is 1. The number of hydrogen-bond acceptors (Lipinski definition) is 4. The average Bonchev–Trinajstić information content (AvgIpc) is 2.98. The van der Waals surface area contributed by atoms with Crippen molar-refractivity contribution >= 4 is 21.6 Å². The minimum Gasteiger partial charge on any atom is -0.394 e. The molecule has 0 radical (unpaired) electrons. The van der Waals surface area contributed by atoms with Crippen molar-refractivity contribution in [1.82, 2.24) is 9.29 Å². The molecule has 1 aliphatic rings. The molecule has 2 aromatic rings. The molecule has 1 aliphatic heterocycles. The molecule has 0 fully saturated rings. The van der Waals surface area contributed by atoms with Gasteiger partial charge in [0.15, 0.2) is 0 Å². The predicted molar refractivity (Wildman–Crippen MR) is 103 cm³/mol. The Hall–Kier alpha value is -2.70. The number of amides is 1. The lowest BCUT2D eigenvalue weighted by atomic mass is 9.93. The molecule has 12 heteroatoms. The summed E-state index contributed by atoms with van der Waals surface area (Å²) in [6, 6.07) is 2.01. The predicted octanol–water partition coefficient (Wildman–Crippen LogP) is 2.58. The molecule has 1 aromatic heterocycles. The van der Waals surface area contributed by atoms with Crippen molar-refractivity contribution in [3.63, 3.8) is 0 Å². The van der Waals surface area contributed by atoms with Gasteiger partial charge in [-0.05, 0) is 31.0 Å². The summed E-state index contributed by atoms with van der Waals surface area (Å²) >= 11 is 0. The van der Waals surface area contributed by atoms with Crippen LogP contribution in [0.1, 0.15) is 28.0 Å². The van der Waals surface area contributed by atoms with Crippen LogP contribution in [0.15, 0.2) is 41.9 Å². The molecule has 1 unspecified atom stereocenters. The van der Waals surface area contributed by atoms with Crippen molar-refractivity contribution in [3.05, 3.63) is 59.7 Å². The van der Waals surface area contributed by atoms with Crippen LogP contribution in [-0.2, 0) is 29.7 Å². The number of aliphatic hydroxyl groups is 1. The van der Waals surface area contributed by atoms with E-state index in [1.807, 2.05) is 0 Å². The molecule has 0 bridgehead atoms. The molecule has 7 nitrogen and oxygen atoms in total. The number of anilines is 1. The fraction of sp³-hybridized carbons (Fsp3) is 0.316. The Bertz CT molecular complexity index is 1160. The average molecular weight is 461 g/mol. The Morgan fingerprint density at radius 2 is 2.10 bits per heavy atom. The van der Waals surface area contributed by atoms with Gasteiger partial charge in [0.1, 0.15) is 16.4 Å². The van der Waals surface area contributed by atoms with E-state index in [0.717, 1.165) is 6.07 Å². The largest absolute Gasteiger partial charge is 0.419 e. The van der Waals surface area contributed by atoms with Crippen molar-refractivity contribution in [3.8, 4) is 0 Å². The van der Waals surface area contributed by atoms with Crippen LogP contribution in [0.25, 0.3) is 0 Å². The third-order valence-corrected chi connectivity index (χ3v) is 6.72. The number of nitrogens with zero attached hydrogens (tertiary/aromatic N) is 1. The molecule has 0 saturated heterocycles. The topological polar surface area (TPSA) is 100 Å². The minimum atomic E-state index is -4.95. The highest BCUT2D eigenvalue weighted by Gasteiger charge is 2.39. The molecule has 2 heterocycles. The number of aliphatic hydroxyl groups excluding tert-OH is 1. The fourth-order valence-electron chi connectivity index (χ4n) is 3.47. The van der Waals surface area contributed by atoms with Crippen LogP contribution in [0.3, 0.4) is 0 Å². The van der Waals surface area contributed by atoms with Gasteiger partial charge in [0.05, 0.1) is 17.7 Å². The molecular formula is C19H19F4N3O4S. The van der Waals surface area contributed by atoms with Crippen molar-refractivity contribution in [2.24, 2.45) is 7.05 Å². The van der Waals surface area contributed by atoms with Crippen LogP contribution in [0, 0.1) is 5.82 Å². The summed E-state index contributed by atoms with van der Waals surface area (Å²) in [4.78, 5) is 12.7. The molecule has 31 heavy (non-hydrogen) atoms. The maximum atomic E-state index is 13.5. The molecule has 3 N–H and O–H groups in total. The summed E-state index contributed by atoms with van der Waals surface area (Å²) in [6.07, 6.45) is -2.32. The molecule has 0 aliphatic carbocycles. The molecule has 0 spiro atoms. The number of benzene rings is 1. The Labute approximate surface area is 175 Å². The van der Waals surface area contributed by atoms with Gasteiger partial charge in [-0.1, -0.05) is 6.08 Å². The van der Waals surface area contributed by atoms with Gasteiger partial charge in [-0.15, -0.1) is 6.58 Å². The summed E-state index contributed by atoms with van der Waals surface area (Å²) in [7, 11) is -2.72. The summed E-state index contributed by atoms with van der Waals surface area (Å²) in [5.41, 5.74) is -3.12. The zero-order chi connectivity index (χ0) is 23.2. The third-order valence-electron chi connectivity index (χ3n) is 5.11. The third kappa shape index (κ3) is 4.23. The highest BCUT2D eigenvalue weighted by molar-refractivity contribution is 7.89. The first-order valence-electron chi connectivity index (χ1n) is 8.98. The van der Waals surface area contributed by atoms with Crippen molar-refractivity contribution in [1.29, 1.82) is 0 Å². The highest BCUT2D eigenvalue weighted by atomic mass is 32.2. The monoisotopic (exact) mass is 461 g/mol. The quantitative estimate of drug-likeness (QED) is 0.481. The normalized spacial score (nSPS) is 20.6. The molecule has 168 valence electrons. The maximum absolute atomic E-state index is 13.5. The smallest absolute Gasteiger partial charge is 0.394 e. The minimum absolute atomic E-state index is 0.0644. The van der Waals surface area contributed by atoms with Gasteiger partial charge < -0.3 is 15.0 Å². The van der Waals surface area contributed by atoms with Gasteiger partial charge in [0, 0.05) is 24.5 Å². The first-order chi connectivity index (χ1) is 14.3. The number of carbonyl (C=O) groups excluding carboxylic acids is 1. The summed E-state index contributed by atoms with van der Waals surface area (Å²) in [6.45, 7) is 3.00. The number of sulfonamides is 1. The zero-order valence-corrected chi connectivity index (χ0v) is 17.1. The lowest BCUT2D eigenvalue weighted by Crippen LogP contribution is -2.48. The second kappa shape index (κ2) is 7.77. The Morgan fingerprint density at radius 1 is 1.42 bits per heavy atom. The second-order valence-corrected chi connectivity index (χ2v) is 8.85. The first-order valence-corrected chi connectivity index (χ1v) is 10.5. The molecule has 1 amide bonds. The van der Waals surface area contributed by atoms with E-state index in [4.69, 9.17) is 0 Å². The maximum Gasteiger partial charge on any atom is 0.419 e. The van der Waals surface area contributed by atoms with E-state index < -0.39 is 45.6 Å². The van der Waals surface area contributed by atoms with E-state index in [9.17, 15) is 35.9 Å². The standard InChI is InChI=1S/C19H19F4N3O4S/c1-3-18(10-27)7-6-12-15(31(29,30)25-18)9-26(2)16(12)17(28)24-11-4-5-14(20)13(8-11)19(21,22)23/h3-5,8-9,25,27H,1,6-7,10H2,2H3,(H,24,28). The number of aromatic nitrogens is 1. The molecule has 1 aromatic carbocycles. The molecule has 1 atom stereocenters. The van der Waals surface area contributed by atoms with Gasteiger partial charge in [-0.3, -0.25) is 4.79 Å². The number of rotatable bonds is 4. The Morgan fingerprint density at radius 3 is 2.68 bits per heavy atom. The van der Waals surface area contributed by atoms with E-state index in [2.05, 4.69) is 16.6 Å². The lowest BCUT2D eigenvalue weighted by molar-refractivity contribution is -0.139. The highest BCUT2D eigenvalue weighted by Crippen LogP contribution is 2.34. The SMILES string of the molecule is C=CC1(CO)CCc2c(cn(C)c2C(=O)Nc2ccc(F)c(C(F)(F)F)c2)S(=O)(=O)N1. The first kappa shape index (κ1) is 23.0. The van der Waals surface area contributed by atoms with Crippen LogP contribution in [0.2, 0.25) is 0 Å². The van der Waals surface area contributed by atoms with Gasteiger partial charge in [-0.2, -0.15) is 17.9 Å². The summed E-state index contributed by atoms with van der Waals surface area (Å²) in [5, 5.41) is 11.9. The molecule has 3 rings (SSSR count).